The minimum atomic E-state index is -4.49. The topological polar surface area (TPSA) is 142 Å². The maximum Gasteiger partial charge on any atom is 0.407 e. The number of rotatable bonds is 10. The van der Waals surface area contributed by atoms with E-state index in [4.69, 9.17) is 9.47 Å². The van der Waals surface area contributed by atoms with Gasteiger partial charge in [-0.2, -0.15) is 0 Å². The van der Waals surface area contributed by atoms with Crippen molar-refractivity contribution < 1.29 is 37.8 Å². The number of ether oxygens (including phenoxy) is 2. The predicted molar refractivity (Wildman–Crippen MR) is 111 cm³/mol. The van der Waals surface area contributed by atoms with Crippen LogP contribution >= 0.6 is 0 Å². The third-order valence-electron chi connectivity index (χ3n) is 3.73. The number of nitrogens with one attached hydrogen (secondary N) is 1. The lowest BCUT2D eigenvalue weighted by Gasteiger charge is -2.23. The van der Waals surface area contributed by atoms with Crippen molar-refractivity contribution in [2.45, 2.75) is 57.1 Å². The summed E-state index contributed by atoms with van der Waals surface area (Å²) in [6, 6.07) is 3.39. The van der Waals surface area contributed by atoms with Crippen LogP contribution in [-0.2, 0) is 19.6 Å². The third-order valence-corrected chi connectivity index (χ3v) is 5.34. The molecule has 0 aliphatic carbocycles. The van der Waals surface area contributed by atoms with Gasteiger partial charge in [-0.05, 0) is 64.8 Å². The zero-order chi connectivity index (χ0) is 23.7. The van der Waals surface area contributed by atoms with Crippen molar-refractivity contribution in [1.29, 1.82) is 0 Å². The molecule has 3 N–H and O–H groups in total. The van der Waals surface area contributed by atoms with Crippen molar-refractivity contribution in [3.8, 4) is 17.6 Å². The molecule has 31 heavy (non-hydrogen) atoms. The highest BCUT2D eigenvalue weighted by Crippen LogP contribution is 2.21. The minimum Gasteiger partial charge on any atom is -0.481 e. The molecule has 1 rings (SSSR count). The van der Waals surface area contributed by atoms with Gasteiger partial charge in [0.2, 0.25) is 0 Å². The van der Waals surface area contributed by atoms with E-state index < -0.39 is 33.7 Å². The Labute approximate surface area is 182 Å². The molecule has 1 aromatic rings. The lowest BCUT2D eigenvalue weighted by Crippen LogP contribution is -2.43. The lowest BCUT2D eigenvalue weighted by atomic mass is 10.1. The van der Waals surface area contributed by atoms with E-state index >= 15 is 0 Å². The Balaban J connectivity index is 2.75. The van der Waals surface area contributed by atoms with Crippen molar-refractivity contribution in [2.24, 2.45) is 0 Å². The first-order valence-corrected chi connectivity index (χ1v) is 10.9. The van der Waals surface area contributed by atoms with Gasteiger partial charge in [-0.3, -0.25) is 10.0 Å². The first-order valence-electron chi connectivity index (χ1n) is 9.44. The molecule has 0 aliphatic heterocycles. The molecule has 11 heteroatoms. The predicted octanol–water partition coefficient (Wildman–Crippen LogP) is 2.23. The maximum atomic E-state index is 12.6. The highest BCUT2D eigenvalue weighted by atomic mass is 32.2. The van der Waals surface area contributed by atoms with Crippen LogP contribution in [-0.4, -0.2) is 60.1 Å². The molecule has 0 heterocycles. The molecule has 0 bridgehead atoms. The summed E-state index contributed by atoms with van der Waals surface area (Å²) in [5, 5.41) is 22.0. The van der Waals surface area contributed by atoms with Gasteiger partial charge in [-0.25, -0.2) is 13.2 Å². The summed E-state index contributed by atoms with van der Waals surface area (Å²) in [6.07, 6.45) is -0.828. The van der Waals surface area contributed by atoms with Gasteiger partial charge in [0.05, 0.1) is 4.90 Å². The number of benzene rings is 1. The fraction of sp³-hybridized carbons (Fsp3) is 0.500. The van der Waals surface area contributed by atoms with Crippen molar-refractivity contribution in [1.82, 2.24) is 9.79 Å². The number of hydrogen-bond donors (Lipinski definition) is 3. The second-order valence-electron chi connectivity index (χ2n) is 7.39. The first-order chi connectivity index (χ1) is 14.4. The number of nitrogens with zero attached hydrogens (tertiary/aromatic N) is 1. The number of hydrogen-bond acceptors (Lipinski definition) is 7. The molecule has 0 saturated carbocycles. The summed E-state index contributed by atoms with van der Waals surface area (Å²) >= 11 is 0. The molecule has 0 saturated heterocycles. The van der Waals surface area contributed by atoms with Gasteiger partial charge < -0.3 is 19.9 Å². The number of alkyl carbamates (subject to hydrolysis) is 1. The molecule has 0 spiro atoms. The summed E-state index contributed by atoms with van der Waals surface area (Å²) in [7, 11) is -4.49. The van der Waals surface area contributed by atoms with Crippen LogP contribution in [0, 0.1) is 11.8 Å². The fourth-order valence-electron chi connectivity index (χ4n) is 2.30. The maximum absolute atomic E-state index is 12.6. The molecule has 1 amide bonds. The first kappa shape index (κ1) is 26.2. The summed E-state index contributed by atoms with van der Waals surface area (Å²) < 4.78 is 35.4. The molecule has 0 fully saturated rings. The standard InChI is InChI=1S/C20H28N2O8S/c1-5-6-14-29-15-9-11-16(12-10-15)31(27,28)22(26)17(18(23)24)8-7-13-21-19(25)30-20(2,3)4/h9-12,17,26H,7-8,13-14H2,1-4H3,(H,21,25)(H,23,24)/t17-/m1/s1. The Kier molecular flexibility index (Phi) is 9.77. The van der Waals surface area contributed by atoms with E-state index in [0.717, 1.165) is 0 Å². The third kappa shape index (κ3) is 8.84. The largest absolute Gasteiger partial charge is 0.481 e. The summed E-state index contributed by atoms with van der Waals surface area (Å²) in [6.45, 7) is 6.91. The zero-order valence-corrected chi connectivity index (χ0v) is 18.7. The molecule has 1 aromatic carbocycles. The molecular formula is C20H28N2O8S. The van der Waals surface area contributed by atoms with Gasteiger partial charge in [0.25, 0.3) is 10.0 Å². The van der Waals surface area contributed by atoms with Crippen molar-refractivity contribution in [3.05, 3.63) is 24.3 Å². The number of carbonyl (C=O) groups excluding carboxylic acids is 1. The fourth-order valence-corrected chi connectivity index (χ4v) is 3.53. The Morgan fingerprint density at radius 1 is 1.23 bits per heavy atom. The molecule has 0 radical (unpaired) electrons. The lowest BCUT2D eigenvalue weighted by molar-refractivity contribution is -0.151. The molecule has 0 aromatic heterocycles. The van der Waals surface area contributed by atoms with Gasteiger partial charge in [-0.15, -0.1) is 5.92 Å². The number of hydroxylamine groups is 1. The molecule has 1 atom stereocenters. The van der Waals surface area contributed by atoms with E-state index in [2.05, 4.69) is 17.2 Å². The SMILES string of the molecule is CC#CCOc1ccc(S(=O)(=O)N(O)[C@H](CCCNC(=O)OC(C)(C)C)C(=O)O)cc1. The molecule has 10 nitrogen and oxygen atoms in total. The number of aliphatic carboxylic acids is 1. The molecule has 0 unspecified atom stereocenters. The van der Waals surface area contributed by atoms with Crippen LogP contribution in [0.3, 0.4) is 0 Å². The second kappa shape index (κ2) is 11.5. The van der Waals surface area contributed by atoms with Crippen LogP contribution in [0.25, 0.3) is 0 Å². The number of carboxylic acid groups (broad SMARTS) is 1. The van der Waals surface area contributed by atoms with E-state index in [0.29, 0.717) is 5.75 Å². The number of sulfonamides is 1. The second-order valence-corrected chi connectivity index (χ2v) is 9.19. The van der Waals surface area contributed by atoms with E-state index in [-0.39, 0.29) is 35.4 Å². The van der Waals surface area contributed by atoms with Crippen LogP contribution in [0.5, 0.6) is 5.75 Å². The van der Waals surface area contributed by atoms with Gasteiger partial charge in [-0.1, -0.05) is 10.4 Å². The highest BCUT2D eigenvalue weighted by Gasteiger charge is 2.35. The Hall–Kier alpha value is -2.81. The van der Waals surface area contributed by atoms with Crippen LogP contribution < -0.4 is 10.1 Å². The normalized spacial score (nSPS) is 12.5. The quantitative estimate of drug-likeness (QED) is 0.276. The average Bonchev–Trinajstić information content (AvgIpc) is 2.66. The monoisotopic (exact) mass is 456 g/mol. The molecule has 0 aliphatic rings. The van der Waals surface area contributed by atoms with Crippen molar-refractivity contribution in [3.63, 3.8) is 0 Å². The number of amides is 1. The van der Waals surface area contributed by atoms with Crippen LogP contribution in [0.15, 0.2) is 29.2 Å². The summed E-state index contributed by atoms with van der Waals surface area (Å²) in [5.41, 5.74) is -0.687. The Morgan fingerprint density at radius 3 is 2.35 bits per heavy atom. The van der Waals surface area contributed by atoms with Gasteiger partial charge in [0.1, 0.15) is 24.0 Å². The smallest absolute Gasteiger partial charge is 0.407 e. The van der Waals surface area contributed by atoms with Gasteiger partial charge in [0.15, 0.2) is 0 Å². The average molecular weight is 457 g/mol. The summed E-state index contributed by atoms with van der Waals surface area (Å²) in [5.74, 6) is 4.19. The van der Waals surface area contributed by atoms with Crippen molar-refractivity contribution in [2.75, 3.05) is 13.2 Å². The molecular weight excluding hydrogens is 428 g/mol. The Morgan fingerprint density at radius 2 is 1.84 bits per heavy atom. The Bertz CT molecular complexity index is 911. The highest BCUT2D eigenvalue weighted by molar-refractivity contribution is 7.89. The van der Waals surface area contributed by atoms with Crippen LogP contribution in [0.1, 0.15) is 40.5 Å². The van der Waals surface area contributed by atoms with E-state index in [9.17, 15) is 28.3 Å². The van der Waals surface area contributed by atoms with E-state index in [1.165, 1.54) is 24.3 Å². The van der Waals surface area contributed by atoms with Gasteiger partial charge in [0, 0.05) is 6.54 Å². The number of carboxylic acids is 1. The van der Waals surface area contributed by atoms with Crippen molar-refractivity contribution >= 4 is 22.1 Å². The minimum absolute atomic E-state index is 0.0409. The molecule has 172 valence electrons. The van der Waals surface area contributed by atoms with Gasteiger partial charge >= 0.3 is 12.1 Å². The van der Waals surface area contributed by atoms with E-state index in [1.54, 1.807) is 27.7 Å². The number of carbonyl (C=O) groups is 2. The van der Waals surface area contributed by atoms with E-state index in [1.807, 2.05) is 0 Å². The van der Waals surface area contributed by atoms with Crippen LogP contribution in [0.4, 0.5) is 4.79 Å². The van der Waals surface area contributed by atoms with Crippen LogP contribution in [0.2, 0.25) is 0 Å². The summed E-state index contributed by atoms with van der Waals surface area (Å²) in [4.78, 5) is 22.8. The zero-order valence-electron chi connectivity index (χ0n) is 17.9.